The van der Waals surface area contributed by atoms with Crippen molar-refractivity contribution in [2.75, 3.05) is 21.3 Å². The molecule has 0 amide bonds. The van der Waals surface area contributed by atoms with Gasteiger partial charge in [-0.2, -0.15) is 0 Å². The first-order valence-corrected chi connectivity index (χ1v) is 9.34. The van der Waals surface area contributed by atoms with Gasteiger partial charge in [0.25, 0.3) is 0 Å². The number of methoxy groups -OCH3 is 3. The number of ketones is 1. The number of rotatable bonds is 8. The van der Waals surface area contributed by atoms with Gasteiger partial charge in [-0.15, -0.1) is 0 Å². The molecule has 1 aromatic carbocycles. The van der Waals surface area contributed by atoms with Crippen molar-refractivity contribution in [2.45, 2.75) is 40.5 Å². The van der Waals surface area contributed by atoms with Gasteiger partial charge in [0.15, 0.2) is 5.78 Å². The van der Waals surface area contributed by atoms with Crippen LogP contribution in [0.3, 0.4) is 0 Å². The molecule has 0 fully saturated rings. The zero-order valence-electron chi connectivity index (χ0n) is 17.5. The highest BCUT2D eigenvalue weighted by Gasteiger charge is 2.34. The van der Waals surface area contributed by atoms with Gasteiger partial charge in [-0.25, -0.2) is 0 Å². The molecule has 0 aliphatic heterocycles. The lowest BCUT2D eigenvalue weighted by Gasteiger charge is -2.25. The summed E-state index contributed by atoms with van der Waals surface area (Å²) in [7, 11) is 4.89. The minimum atomic E-state index is -0.882. The Hall–Kier alpha value is -1.81. The minimum Gasteiger partial charge on any atom is -0.496 e. The van der Waals surface area contributed by atoms with Crippen LogP contribution in [0.5, 0.6) is 11.5 Å². The maximum atomic E-state index is 13.1. The fraction of sp³-hybridized carbons (Fsp3) is 0.600. The van der Waals surface area contributed by atoms with Crippen molar-refractivity contribution in [1.82, 2.24) is 0 Å². The number of Topliss-reactive ketones (excluding diaryl/α,β-unsaturated/α-hetero) is 1. The lowest BCUT2D eigenvalue weighted by Crippen LogP contribution is -2.29. The van der Waals surface area contributed by atoms with Crippen LogP contribution >= 0.6 is 9.12 Å². The Morgan fingerprint density at radius 3 is 1.89 bits per heavy atom. The Bertz CT molecular complexity index is 601. The fourth-order valence-electron chi connectivity index (χ4n) is 3.25. The van der Waals surface area contributed by atoms with Gasteiger partial charge in [0, 0.05) is 0 Å². The molecule has 0 N–H and O–H groups in total. The van der Waals surface area contributed by atoms with E-state index in [1.54, 1.807) is 18.2 Å². The normalized spacial score (nSPS) is 13.0. The molecule has 27 heavy (non-hydrogen) atoms. The van der Waals surface area contributed by atoms with Gasteiger partial charge in [-0.3, -0.25) is 9.59 Å². The Balaban J connectivity index is 0.00000326. The number of benzene rings is 1. The third-order valence-electron chi connectivity index (χ3n) is 4.08. The molecular formula is C20H33O6P. The number of carbonyl (C=O) groups is 2. The SMILES string of the molecule is COC(=O)C(CC(C)CC(C)(C)C)C(=O)c1c(OC)cccc1OC.O=[PH3]. The molecule has 0 radical (unpaired) electrons. The number of carbonyl (C=O) groups excluding carboxylic acids is 2. The highest BCUT2D eigenvalue weighted by molar-refractivity contribution is 7.00. The summed E-state index contributed by atoms with van der Waals surface area (Å²) in [6.45, 7) is 8.47. The highest BCUT2D eigenvalue weighted by Crippen LogP contribution is 2.34. The topological polar surface area (TPSA) is 78.9 Å². The molecule has 1 rings (SSSR count). The van der Waals surface area contributed by atoms with Gasteiger partial charge >= 0.3 is 5.97 Å². The third-order valence-corrected chi connectivity index (χ3v) is 4.08. The van der Waals surface area contributed by atoms with Crippen molar-refractivity contribution in [1.29, 1.82) is 0 Å². The van der Waals surface area contributed by atoms with E-state index in [4.69, 9.17) is 18.8 Å². The molecular weight excluding hydrogens is 367 g/mol. The third kappa shape index (κ3) is 7.76. The molecule has 1 aromatic rings. The first-order chi connectivity index (χ1) is 12.6. The lowest BCUT2D eigenvalue weighted by molar-refractivity contribution is -0.144. The average molecular weight is 400 g/mol. The van der Waals surface area contributed by atoms with E-state index < -0.39 is 11.9 Å². The van der Waals surface area contributed by atoms with Crippen LogP contribution in [-0.4, -0.2) is 33.1 Å². The monoisotopic (exact) mass is 400 g/mol. The van der Waals surface area contributed by atoms with Gasteiger partial charge in [-0.05, 0) is 36.3 Å². The lowest BCUT2D eigenvalue weighted by atomic mass is 9.80. The molecule has 7 heteroatoms. The van der Waals surface area contributed by atoms with Crippen molar-refractivity contribution in [2.24, 2.45) is 17.3 Å². The fourth-order valence-corrected chi connectivity index (χ4v) is 3.25. The Kier molecular flexibility index (Phi) is 11.0. The van der Waals surface area contributed by atoms with E-state index in [2.05, 4.69) is 20.8 Å². The molecule has 0 aliphatic rings. The number of hydrogen-bond donors (Lipinski definition) is 0. The summed E-state index contributed by atoms with van der Waals surface area (Å²) in [5.74, 6) is -0.773. The summed E-state index contributed by atoms with van der Waals surface area (Å²) in [6.07, 6.45) is 1.32. The highest BCUT2D eigenvalue weighted by atomic mass is 31.0. The molecule has 3 unspecified atom stereocenters. The summed E-state index contributed by atoms with van der Waals surface area (Å²) >= 11 is 0. The Morgan fingerprint density at radius 1 is 1.04 bits per heavy atom. The predicted octanol–water partition coefficient (Wildman–Crippen LogP) is 4.08. The number of esters is 1. The first-order valence-electron chi connectivity index (χ1n) is 8.76. The second-order valence-electron chi connectivity index (χ2n) is 7.58. The van der Waals surface area contributed by atoms with E-state index in [-0.39, 0.29) is 22.7 Å². The first kappa shape index (κ1) is 25.2. The van der Waals surface area contributed by atoms with Crippen LogP contribution in [0, 0.1) is 17.3 Å². The molecule has 0 aromatic heterocycles. The zero-order valence-corrected chi connectivity index (χ0v) is 18.9. The predicted molar refractivity (Wildman–Crippen MR) is 109 cm³/mol. The summed E-state index contributed by atoms with van der Waals surface area (Å²) in [5.41, 5.74) is 0.400. The maximum Gasteiger partial charge on any atom is 0.316 e. The largest absolute Gasteiger partial charge is 0.496 e. The van der Waals surface area contributed by atoms with E-state index in [1.165, 1.54) is 21.3 Å². The van der Waals surface area contributed by atoms with Crippen LogP contribution in [-0.2, 0) is 14.1 Å². The van der Waals surface area contributed by atoms with Gasteiger partial charge in [0.05, 0.1) is 30.4 Å². The molecule has 154 valence electrons. The van der Waals surface area contributed by atoms with Crippen LogP contribution in [0.25, 0.3) is 0 Å². The Labute approximate surface area is 164 Å². The standard InChI is InChI=1S/C20H30O5.H3OP/c1-13(12-20(2,3)4)11-14(19(22)25-7)18(21)17-15(23-5)9-8-10-16(17)24-6;1-2/h8-10,13-14H,11-12H2,1-7H3;2H3. The molecule has 3 atom stereocenters. The van der Waals surface area contributed by atoms with Crippen molar-refractivity contribution in [3.63, 3.8) is 0 Å². The van der Waals surface area contributed by atoms with Crippen LogP contribution in [0.15, 0.2) is 18.2 Å². The van der Waals surface area contributed by atoms with E-state index in [0.717, 1.165) is 6.42 Å². The van der Waals surface area contributed by atoms with E-state index in [9.17, 15) is 9.59 Å². The van der Waals surface area contributed by atoms with Gasteiger partial charge in [0.2, 0.25) is 0 Å². The van der Waals surface area contributed by atoms with Crippen molar-refractivity contribution < 1.29 is 28.4 Å². The molecule has 0 heterocycles. The van der Waals surface area contributed by atoms with Crippen molar-refractivity contribution in [3.05, 3.63) is 23.8 Å². The Morgan fingerprint density at radius 2 is 1.52 bits per heavy atom. The minimum absolute atomic E-state index is 0.116. The molecule has 0 saturated carbocycles. The summed E-state index contributed by atoms with van der Waals surface area (Å²) < 4.78 is 23.8. The van der Waals surface area contributed by atoms with Crippen molar-refractivity contribution >= 4 is 20.9 Å². The van der Waals surface area contributed by atoms with Crippen LogP contribution in [0.2, 0.25) is 0 Å². The van der Waals surface area contributed by atoms with Gasteiger partial charge < -0.3 is 18.8 Å². The molecule has 0 saturated heterocycles. The number of ether oxygens (including phenoxy) is 3. The van der Waals surface area contributed by atoms with E-state index >= 15 is 0 Å². The van der Waals surface area contributed by atoms with Crippen LogP contribution < -0.4 is 9.47 Å². The quantitative estimate of drug-likeness (QED) is 0.283. The molecule has 6 nitrogen and oxygen atoms in total. The summed E-state index contributed by atoms with van der Waals surface area (Å²) in [6, 6.07) is 5.11. The zero-order chi connectivity index (χ0) is 21.2. The van der Waals surface area contributed by atoms with E-state index in [0.29, 0.717) is 27.0 Å². The smallest absolute Gasteiger partial charge is 0.316 e. The second kappa shape index (κ2) is 11.8. The van der Waals surface area contributed by atoms with Crippen LogP contribution in [0.4, 0.5) is 0 Å². The van der Waals surface area contributed by atoms with Gasteiger partial charge in [-0.1, -0.05) is 33.8 Å². The van der Waals surface area contributed by atoms with E-state index in [1.807, 2.05) is 6.92 Å². The number of hydrogen-bond acceptors (Lipinski definition) is 6. The van der Waals surface area contributed by atoms with Gasteiger partial charge in [0.1, 0.15) is 23.0 Å². The van der Waals surface area contributed by atoms with Crippen molar-refractivity contribution in [3.8, 4) is 11.5 Å². The molecule has 0 spiro atoms. The molecule has 0 bridgehead atoms. The summed E-state index contributed by atoms with van der Waals surface area (Å²) in [4.78, 5) is 25.4. The maximum absolute atomic E-state index is 13.1. The average Bonchev–Trinajstić information content (AvgIpc) is 2.64. The second-order valence-corrected chi connectivity index (χ2v) is 7.58. The summed E-state index contributed by atoms with van der Waals surface area (Å²) in [5, 5.41) is 0. The molecule has 0 aliphatic carbocycles. The van der Waals surface area contributed by atoms with Crippen LogP contribution in [0.1, 0.15) is 50.9 Å².